The number of aliphatic hydroxyl groups is 1. The van der Waals surface area contributed by atoms with Crippen LogP contribution in [0, 0.1) is 11.6 Å². The normalized spacial score (nSPS) is 14.0. The van der Waals surface area contributed by atoms with Crippen LogP contribution in [-0.4, -0.2) is 25.5 Å². The summed E-state index contributed by atoms with van der Waals surface area (Å²) in [6.07, 6.45) is 2.69. The molecule has 0 saturated carbocycles. The largest absolute Gasteiger partial charge is 0.484 e. The molecule has 27 heavy (non-hydrogen) atoms. The summed E-state index contributed by atoms with van der Waals surface area (Å²) >= 11 is 5.89. The SMILES string of the molecule is CC(C)(Oc1ccc(Cl)cc1)C(O)(Cn1cncn1)c1ccc(F)cc1F. The van der Waals surface area contributed by atoms with Crippen LogP contribution in [0.1, 0.15) is 19.4 Å². The Labute approximate surface area is 160 Å². The molecular weight excluding hydrogens is 376 g/mol. The molecule has 8 heteroatoms. The number of ether oxygens (including phenoxy) is 1. The van der Waals surface area contributed by atoms with Crippen molar-refractivity contribution in [3.8, 4) is 5.75 Å². The summed E-state index contributed by atoms with van der Waals surface area (Å²) in [5, 5.41) is 16.1. The van der Waals surface area contributed by atoms with Crippen LogP contribution in [0.15, 0.2) is 55.1 Å². The topological polar surface area (TPSA) is 60.2 Å². The molecule has 1 N–H and O–H groups in total. The fourth-order valence-corrected chi connectivity index (χ4v) is 2.98. The quantitative estimate of drug-likeness (QED) is 0.688. The maximum Gasteiger partial charge on any atom is 0.151 e. The molecule has 0 aliphatic carbocycles. The van der Waals surface area contributed by atoms with E-state index in [1.807, 2.05) is 0 Å². The highest BCUT2D eigenvalue weighted by Gasteiger charge is 2.49. The zero-order valence-electron chi connectivity index (χ0n) is 14.7. The van der Waals surface area contributed by atoms with Crippen LogP contribution < -0.4 is 4.74 Å². The first-order valence-electron chi connectivity index (χ1n) is 8.16. The molecule has 0 saturated heterocycles. The average Bonchev–Trinajstić information content (AvgIpc) is 3.09. The van der Waals surface area contributed by atoms with E-state index in [0.717, 1.165) is 12.1 Å². The van der Waals surface area contributed by atoms with E-state index in [1.165, 1.54) is 23.4 Å². The molecule has 0 aliphatic heterocycles. The number of halogens is 3. The first kappa shape index (κ1) is 19.3. The van der Waals surface area contributed by atoms with Crippen LogP contribution in [0.3, 0.4) is 0 Å². The Morgan fingerprint density at radius 3 is 2.44 bits per heavy atom. The Hall–Kier alpha value is -2.51. The van der Waals surface area contributed by atoms with Gasteiger partial charge >= 0.3 is 0 Å². The molecule has 0 amide bonds. The van der Waals surface area contributed by atoms with Crippen LogP contribution in [0.4, 0.5) is 8.78 Å². The first-order chi connectivity index (χ1) is 12.7. The number of hydrogen-bond donors (Lipinski definition) is 1. The van der Waals surface area contributed by atoms with Crippen LogP contribution in [-0.2, 0) is 12.1 Å². The van der Waals surface area contributed by atoms with E-state index in [9.17, 15) is 13.9 Å². The molecule has 1 unspecified atom stereocenters. The molecule has 0 spiro atoms. The lowest BCUT2D eigenvalue weighted by molar-refractivity contribution is -0.135. The predicted molar refractivity (Wildman–Crippen MR) is 96.4 cm³/mol. The van der Waals surface area contributed by atoms with E-state index in [1.54, 1.807) is 38.1 Å². The summed E-state index contributed by atoms with van der Waals surface area (Å²) in [4.78, 5) is 3.84. The Bertz CT molecular complexity index is 917. The summed E-state index contributed by atoms with van der Waals surface area (Å²) < 4.78 is 35.3. The Morgan fingerprint density at radius 1 is 1.15 bits per heavy atom. The van der Waals surface area contributed by atoms with Gasteiger partial charge < -0.3 is 9.84 Å². The van der Waals surface area contributed by atoms with Gasteiger partial charge in [-0.25, -0.2) is 18.4 Å². The lowest BCUT2D eigenvalue weighted by atomic mass is 9.79. The smallest absolute Gasteiger partial charge is 0.151 e. The van der Waals surface area contributed by atoms with Crippen LogP contribution in [0.2, 0.25) is 5.02 Å². The highest BCUT2D eigenvalue weighted by molar-refractivity contribution is 6.30. The van der Waals surface area contributed by atoms with Gasteiger partial charge in [0.2, 0.25) is 0 Å². The maximum atomic E-state index is 14.6. The van der Waals surface area contributed by atoms with E-state index in [2.05, 4.69) is 10.1 Å². The van der Waals surface area contributed by atoms with Gasteiger partial charge in [-0.2, -0.15) is 5.10 Å². The number of aromatic nitrogens is 3. The summed E-state index contributed by atoms with van der Waals surface area (Å²) in [7, 11) is 0. The minimum absolute atomic E-state index is 0.113. The molecular formula is C19H18ClF2N3O2. The molecule has 3 aromatic rings. The zero-order valence-corrected chi connectivity index (χ0v) is 15.5. The fourth-order valence-electron chi connectivity index (χ4n) is 2.86. The zero-order chi connectivity index (χ0) is 19.7. The molecule has 0 aliphatic rings. The van der Waals surface area contributed by atoms with Crippen molar-refractivity contribution in [3.05, 3.63) is 77.3 Å². The second kappa shape index (κ2) is 7.25. The minimum Gasteiger partial charge on any atom is -0.484 e. The molecule has 5 nitrogen and oxygen atoms in total. The van der Waals surface area contributed by atoms with Gasteiger partial charge in [0.1, 0.15) is 35.6 Å². The maximum absolute atomic E-state index is 14.6. The number of nitrogens with zero attached hydrogens (tertiary/aromatic N) is 3. The van der Waals surface area contributed by atoms with Crippen LogP contribution in [0.5, 0.6) is 5.75 Å². The Morgan fingerprint density at radius 2 is 1.85 bits per heavy atom. The minimum atomic E-state index is -1.89. The number of benzene rings is 2. The van der Waals surface area contributed by atoms with Crippen molar-refractivity contribution in [2.24, 2.45) is 0 Å². The second-order valence-electron chi connectivity index (χ2n) is 6.64. The third kappa shape index (κ3) is 3.94. The molecule has 1 heterocycles. The molecule has 0 fully saturated rings. The third-order valence-corrected chi connectivity index (χ3v) is 4.67. The highest BCUT2D eigenvalue weighted by atomic mass is 35.5. The summed E-state index contributed by atoms with van der Waals surface area (Å²) in [6.45, 7) is 3.07. The number of rotatable bonds is 6. The highest BCUT2D eigenvalue weighted by Crippen LogP contribution is 2.39. The lowest BCUT2D eigenvalue weighted by Crippen LogP contribution is -2.54. The van der Waals surface area contributed by atoms with Gasteiger partial charge in [-0.15, -0.1) is 0 Å². The van der Waals surface area contributed by atoms with Gasteiger partial charge in [0, 0.05) is 16.7 Å². The number of hydrogen-bond acceptors (Lipinski definition) is 4. The van der Waals surface area contributed by atoms with Gasteiger partial charge in [0.25, 0.3) is 0 Å². The van der Waals surface area contributed by atoms with Gasteiger partial charge in [0.15, 0.2) is 5.60 Å². The summed E-state index contributed by atoms with van der Waals surface area (Å²) in [5.41, 5.74) is -3.33. The van der Waals surface area contributed by atoms with Gasteiger partial charge in [-0.1, -0.05) is 17.7 Å². The van der Waals surface area contributed by atoms with E-state index >= 15 is 0 Å². The first-order valence-corrected chi connectivity index (χ1v) is 8.54. The van der Waals surface area contributed by atoms with Gasteiger partial charge in [0.05, 0.1) is 6.54 Å². The van der Waals surface area contributed by atoms with Crippen molar-refractivity contribution in [2.75, 3.05) is 0 Å². The fraction of sp³-hybridized carbons (Fsp3) is 0.263. The molecule has 142 valence electrons. The third-order valence-electron chi connectivity index (χ3n) is 4.42. The molecule has 0 radical (unpaired) electrons. The van der Waals surface area contributed by atoms with Crippen molar-refractivity contribution in [1.29, 1.82) is 0 Å². The van der Waals surface area contributed by atoms with Crippen molar-refractivity contribution < 1.29 is 18.6 Å². The second-order valence-corrected chi connectivity index (χ2v) is 7.08. The van der Waals surface area contributed by atoms with Crippen molar-refractivity contribution in [3.63, 3.8) is 0 Å². The molecule has 1 aromatic heterocycles. The predicted octanol–water partition coefficient (Wildman–Crippen LogP) is 3.96. The lowest BCUT2D eigenvalue weighted by Gasteiger charge is -2.42. The van der Waals surface area contributed by atoms with Crippen molar-refractivity contribution in [2.45, 2.75) is 31.6 Å². The Balaban J connectivity index is 2.05. The van der Waals surface area contributed by atoms with E-state index in [-0.39, 0.29) is 12.1 Å². The summed E-state index contributed by atoms with van der Waals surface area (Å²) in [5.74, 6) is -1.19. The molecule has 0 bridgehead atoms. The standard InChI is InChI=1S/C19H18ClF2N3O2/c1-18(2,27-15-6-3-13(20)4-7-15)19(26,10-25-12-23-11-24-25)16-8-5-14(21)9-17(16)22/h3-9,11-12,26H,10H2,1-2H3. The van der Waals surface area contributed by atoms with E-state index in [4.69, 9.17) is 16.3 Å². The van der Waals surface area contributed by atoms with E-state index in [0.29, 0.717) is 10.8 Å². The van der Waals surface area contributed by atoms with Crippen molar-refractivity contribution >= 4 is 11.6 Å². The van der Waals surface area contributed by atoms with Gasteiger partial charge in [-0.3, -0.25) is 0 Å². The molecule has 1 atom stereocenters. The van der Waals surface area contributed by atoms with Crippen molar-refractivity contribution in [1.82, 2.24) is 14.8 Å². The van der Waals surface area contributed by atoms with Crippen LogP contribution >= 0.6 is 11.6 Å². The summed E-state index contributed by atoms with van der Waals surface area (Å²) in [6, 6.07) is 9.57. The Kier molecular flexibility index (Phi) is 5.17. The van der Waals surface area contributed by atoms with Gasteiger partial charge in [-0.05, 0) is 44.2 Å². The monoisotopic (exact) mass is 393 g/mol. The molecule has 3 rings (SSSR count). The molecule has 2 aromatic carbocycles. The van der Waals surface area contributed by atoms with E-state index < -0.39 is 22.8 Å². The average molecular weight is 394 g/mol. The van der Waals surface area contributed by atoms with Crippen LogP contribution in [0.25, 0.3) is 0 Å².